The Morgan fingerprint density at radius 1 is 0.886 bits per heavy atom. The van der Waals surface area contributed by atoms with Gasteiger partial charge in [0, 0.05) is 28.9 Å². The predicted octanol–water partition coefficient (Wildman–Crippen LogP) is 4.58. The highest BCUT2D eigenvalue weighted by molar-refractivity contribution is 6.08. The number of rotatable bonds is 6. The molecular weight excluding hydrogens is 442 g/mol. The molecule has 1 aliphatic heterocycles. The molecule has 0 bridgehead atoms. The van der Waals surface area contributed by atoms with E-state index < -0.39 is 5.41 Å². The summed E-state index contributed by atoms with van der Waals surface area (Å²) in [7, 11) is 0. The fourth-order valence-electron chi connectivity index (χ4n) is 4.32. The van der Waals surface area contributed by atoms with Crippen molar-refractivity contribution in [1.82, 2.24) is 5.32 Å². The molecule has 3 aromatic rings. The molecule has 4 amide bonds. The first-order valence-electron chi connectivity index (χ1n) is 11.6. The van der Waals surface area contributed by atoms with Crippen LogP contribution < -0.4 is 16.0 Å². The van der Waals surface area contributed by atoms with E-state index in [-0.39, 0.29) is 23.6 Å². The summed E-state index contributed by atoms with van der Waals surface area (Å²) in [4.78, 5) is 49.6. The maximum Gasteiger partial charge on any atom is 0.255 e. The van der Waals surface area contributed by atoms with E-state index in [1.54, 1.807) is 54.6 Å². The van der Waals surface area contributed by atoms with Crippen LogP contribution in [0.25, 0.3) is 0 Å². The van der Waals surface area contributed by atoms with Gasteiger partial charge >= 0.3 is 0 Å². The highest BCUT2D eigenvalue weighted by Crippen LogP contribution is 2.36. The molecule has 0 aliphatic carbocycles. The van der Waals surface area contributed by atoms with Gasteiger partial charge in [-0.05, 0) is 67.3 Å². The van der Waals surface area contributed by atoms with Crippen molar-refractivity contribution in [3.05, 3.63) is 95.1 Å². The SMILES string of the molecule is CCC1(c2ccc(NC(=O)c3ccc(C)c(NC(=O)c4ccccc4)c3)cc2)CCC(=O)NC1=O. The lowest BCUT2D eigenvalue weighted by Gasteiger charge is -2.35. The van der Waals surface area contributed by atoms with Gasteiger partial charge in [0.05, 0.1) is 5.41 Å². The minimum atomic E-state index is -0.751. The van der Waals surface area contributed by atoms with Crippen LogP contribution in [0.5, 0.6) is 0 Å². The molecule has 0 radical (unpaired) electrons. The zero-order valence-corrected chi connectivity index (χ0v) is 19.7. The van der Waals surface area contributed by atoms with Crippen LogP contribution in [-0.4, -0.2) is 23.6 Å². The first kappa shape index (κ1) is 23.9. The van der Waals surface area contributed by atoms with Crippen molar-refractivity contribution >= 4 is 35.0 Å². The van der Waals surface area contributed by atoms with Crippen molar-refractivity contribution in [3.8, 4) is 0 Å². The molecule has 3 N–H and O–H groups in total. The number of aryl methyl sites for hydroxylation is 1. The number of imide groups is 1. The van der Waals surface area contributed by atoms with Crippen LogP contribution in [-0.2, 0) is 15.0 Å². The Hall–Kier alpha value is -4.26. The Balaban J connectivity index is 1.48. The molecule has 178 valence electrons. The smallest absolute Gasteiger partial charge is 0.255 e. The van der Waals surface area contributed by atoms with Gasteiger partial charge in [-0.2, -0.15) is 0 Å². The van der Waals surface area contributed by atoms with E-state index in [4.69, 9.17) is 0 Å². The Morgan fingerprint density at radius 3 is 2.23 bits per heavy atom. The molecule has 7 heteroatoms. The molecule has 1 fully saturated rings. The van der Waals surface area contributed by atoms with Crippen LogP contribution in [0.15, 0.2) is 72.8 Å². The molecule has 0 aromatic heterocycles. The second-order valence-corrected chi connectivity index (χ2v) is 8.69. The first-order chi connectivity index (χ1) is 16.8. The molecule has 4 rings (SSSR count). The summed E-state index contributed by atoms with van der Waals surface area (Å²) in [6.07, 6.45) is 1.33. The monoisotopic (exact) mass is 469 g/mol. The van der Waals surface area contributed by atoms with Crippen LogP contribution in [0.3, 0.4) is 0 Å². The average Bonchev–Trinajstić information content (AvgIpc) is 2.87. The van der Waals surface area contributed by atoms with Crippen molar-refractivity contribution in [2.24, 2.45) is 0 Å². The maximum absolute atomic E-state index is 12.9. The number of benzene rings is 3. The topological polar surface area (TPSA) is 104 Å². The molecule has 1 unspecified atom stereocenters. The van der Waals surface area contributed by atoms with Crippen molar-refractivity contribution in [1.29, 1.82) is 0 Å². The summed E-state index contributed by atoms with van der Waals surface area (Å²) < 4.78 is 0. The standard InChI is InChI=1S/C28H27N3O4/c1-3-28(16-15-24(32)31-27(28)35)21-11-13-22(14-12-21)29-26(34)20-10-9-18(2)23(17-20)30-25(33)19-7-5-4-6-8-19/h4-14,17H,3,15-16H2,1-2H3,(H,29,34)(H,30,33)(H,31,32,35). The van der Waals surface area contributed by atoms with Crippen LogP contribution >= 0.6 is 0 Å². The second kappa shape index (κ2) is 9.93. The number of piperidine rings is 1. The quantitative estimate of drug-likeness (QED) is 0.460. The van der Waals surface area contributed by atoms with E-state index >= 15 is 0 Å². The number of hydrogen-bond donors (Lipinski definition) is 3. The fourth-order valence-corrected chi connectivity index (χ4v) is 4.32. The molecule has 0 spiro atoms. The predicted molar refractivity (Wildman–Crippen MR) is 134 cm³/mol. The summed E-state index contributed by atoms with van der Waals surface area (Å²) in [6, 6.07) is 21.1. The van der Waals surface area contributed by atoms with Gasteiger partial charge in [-0.3, -0.25) is 24.5 Å². The fraction of sp³-hybridized carbons (Fsp3) is 0.214. The zero-order valence-electron chi connectivity index (χ0n) is 19.7. The first-order valence-corrected chi connectivity index (χ1v) is 11.6. The van der Waals surface area contributed by atoms with E-state index in [2.05, 4.69) is 16.0 Å². The minimum Gasteiger partial charge on any atom is -0.322 e. The van der Waals surface area contributed by atoms with Gasteiger partial charge in [0.1, 0.15) is 0 Å². The zero-order chi connectivity index (χ0) is 25.0. The summed E-state index contributed by atoms with van der Waals surface area (Å²) in [5, 5.41) is 8.17. The van der Waals surface area contributed by atoms with Crippen molar-refractivity contribution in [2.75, 3.05) is 10.6 Å². The third kappa shape index (κ3) is 4.99. The molecule has 1 saturated heterocycles. The van der Waals surface area contributed by atoms with E-state index in [0.29, 0.717) is 41.8 Å². The molecular formula is C28H27N3O4. The number of amides is 4. The number of hydrogen-bond acceptors (Lipinski definition) is 4. The van der Waals surface area contributed by atoms with Gasteiger partial charge < -0.3 is 10.6 Å². The average molecular weight is 470 g/mol. The Morgan fingerprint density at radius 2 is 1.57 bits per heavy atom. The number of nitrogens with one attached hydrogen (secondary N) is 3. The van der Waals surface area contributed by atoms with Crippen LogP contribution in [0, 0.1) is 6.92 Å². The Labute approximate surface area is 203 Å². The van der Waals surface area contributed by atoms with Crippen LogP contribution in [0.2, 0.25) is 0 Å². The summed E-state index contributed by atoms with van der Waals surface area (Å²) in [5.74, 6) is -1.10. The molecule has 1 heterocycles. The summed E-state index contributed by atoms with van der Waals surface area (Å²) in [5.41, 5.74) is 2.96. The van der Waals surface area contributed by atoms with E-state index in [9.17, 15) is 19.2 Å². The molecule has 35 heavy (non-hydrogen) atoms. The van der Waals surface area contributed by atoms with Gasteiger partial charge in [0.2, 0.25) is 11.8 Å². The lowest BCUT2D eigenvalue weighted by Crippen LogP contribution is -2.51. The third-order valence-corrected chi connectivity index (χ3v) is 6.55. The highest BCUT2D eigenvalue weighted by atomic mass is 16.2. The Kier molecular flexibility index (Phi) is 6.78. The summed E-state index contributed by atoms with van der Waals surface area (Å²) in [6.45, 7) is 3.79. The van der Waals surface area contributed by atoms with Crippen LogP contribution in [0.1, 0.15) is 58.0 Å². The molecule has 1 aliphatic rings. The number of carbonyl (C=O) groups is 4. The summed E-state index contributed by atoms with van der Waals surface area (Å²) >= 11 is 0. The largest absolute Gasteiger partial charge is 0.322 e. The van der Waals surface area contributed by atoms with E-state index in [0.717, 1.165) is 11.1 Å². The second-order valence-electron chi connectivity index (χ2n) is 8.69. The molecule has 3 aromatic carbocycles. The molecule has 7 nitrogen and oxygen atoms in total. The van der Waals surface area contributed by atoms with Crippen molar-refractivity contribution in [3.63, 3.8) is 0 Å². The minimum absolute atomic E-state index is 0.250. The van der Waals surface area contributed by atoms with Gasteiger partial charge in [-0.25, -0.2) is 0 Å². The van der Waals surface area contributed by atoms with Gasteiger partial charge in [-0.15, -0.1) is 0 Å². The van der Waals surface area contributed by atoms with Crippen LogP contribution in [0.4, 0.5) is 11.4 Å². The van der Waals surface area contributed by atoms with Crippen molar-refractivity contribution < 1.29 is 19.2 Å². The highest BCUT2D eigenvalue weighted by Gasteiger charge is 2.42. The van der Waals surface area contributed by atoms with Gasteiger partial charge in [-0.1, -0.05) is 43.3 Å². The normalized spacial score (nSPS) is 17.4. The Bertz CT molecular complexity index is 1290. The van der Waals surface area contributed by atoms with Gasteiger partial charge in [0.15, 0.2) is 0 Å². The molecule has 0 saturated carbocycles. The maximum atomic E-state index is 12.9. The third-order valence-electron chi connectivity index (χ3n) is 6.55. The lowest BCUT2D eigenvalue weighted by atomic mass is 9.72. The lowest BCUT2D eigenvalue weighted by molar-refractivity contribution is -0.138. The molecule has 1 atom stereocenters. The van der Waals surface area contributed by atoms with Gasteiger partial charge in [0.25, 0.3) is 11.8 Å². The number of carbonyl (C=O) groups excluding carboxylic acids is 4. The van der Waals surface area contributed by atoms with Crippen molar-refractivity contribution in [2.45, 2.75) is 38.5 Å². The van der Waals surface area contributed by atoms with E-state index in [1.807, 2.05) is 32.0 Å². The number of anilines is 2. The van der Waals surface area contributed by atoms with E-state index in [1.165, 1.54) is 0 Å².